The number of nitrogens with zero attached hydrogens (tertiary/aromatic N) is 1. The Hall–Kier alpha value is -0.860. The van der Waals surface area contributed by atoms with E-state index in [9.17, 15) is 4.79 Å². The Balaban J connectivity index is 1.68. The monoisotopic (exact) mass is 302 g/mol. The lowest BCUT2D eigenvalue weighted by Gasteiger charge is -2.59. The Morgan fingerprint density at radius 2 is 1.86 bits per heavy atom. The smallest absolute Gasteiger partial charge is 0.223 e. The fourth-order valence-corrected chi connectivity index (χ4v) is 6.63. The first-order valence-electron chi connectivity index (χ1n) is 9.35. The van der Waals surface area contributed by atoms with Gasteiger partial charge in [0, 0.05) is 29.6 Å². The van der Waals surface area contributed by atoms with E-state index in [1.54, 1.807) is 0 Å². The number of hydrogen-bond acceptors (Lipinski definition) is 2. The Kier molecular flexibility index (Phi) is 3.22. The third-order valence-corrected chi connectivity index (χ3v) is 7.95. The molecule has 0 spiro atoms. The van der Waals surface area contributed by atoms with Crippen molar-refractivity contribution in [2.45, 2.75) is 77.2 Å². The van der Waals surface area contributed by atoms with Crippen LogP contribution in [0, 0.1) is 28.6 Å². The number of piperidine rings is 1. The lowest BCUT2D eigenvalue weighted by Crippen LogP contribution is -2.62. The molecule has 0 aromatic heterocycles. The minimum absolute atomic E-state index is 0.0998. The molecule has 1 amide bonds. The summed E-state index contributed by atoms with van der Waals surface area (Å²) in [6.45, 7) is 5.71. The highest BCUT2D eigenvalue weighted by Crippen LogP contribution is 2.60. The zero-order chi connectivity index (χ0) is 15.5. The van der Waals surface area contributed by atoms with Crippen LogP contribution in [-0.2, 0) is 4.79 Å². The molecule has 2 aliphatic carbocycles. The molecule has 1 N–H and O–H groups in total. The molecule has 3 nitrogen and oxygen atoms in total. The van der Waals surface area contributed by atoms with E-state index in [0.717, 1.165) is 37.4 Å². The summed E-state index contributed by atoms with van der Waals surface area (Å²) in [6, 6.07) is 0. The third kappa shape index (κ3) is 1.80. The number of fused-ring (bicyclic) bond motifs is 5. The van der Waals surface area contributed by atoms with Gasteiger partial charge in [-0.05, 0) is 69.6 Å². The van der Waals surface area contributed by atoms with Crippen molar-refractivity contribution in [3.05, 3.63) is 0 Å². The van der Waals surface area contributed by atoms with Crippen LogP contribution in [0.15, 0.2) is 0 Å². The van der Waals surface area contributed by atoms with Crippen molar-refractivity contribution in [3.8, 4) is 0 Å². The zero-order valence-corrected chi connectivity index (χ0v) is 14.2. The van der Waals surface area contributed by atoms with Crippen LogP contribution in [0.5, 0.6) is 0 Å². The first kappa shape index (κ1) is 14.7. The second-order valence-electron chi connectivity index (χ2n) is 8.75. The standard InChI is InChI=1S/C19H30N2O/c1-18-11-8-15-13(14(18)6-7-16(18)20)9-12-21-17(22)5-3-4-10-19(15,21)2/h13-15,20H,3-12H2,1-2H3/t13?,14?,15-,18?,19?/m0/s1. The van der Waals surface area contributed by atoms with Gasteiger partial charge in [0.2, 0.25) is 5.91 Å². The van der Waals surface area contributed by atoms with Gasteiger partial charge < -0.3 is 10.3 Å². The lowest BCUT2D eigenvalue weighted by atomic mass is 9.53. The molecule has 122 valence electrons. The number of carbonyl (C=O) groups is 1. The molecule has 2 saturated heterocycles. The predicted octanol–water partition coefficient (Wildman–Crippen LogP) is 4.01. The van der Waals surface area contributed by atoms with E-state index < -0.39 is 0 Å². The van der Waals surface area contributed by atoms with Gasteiger partial charge in [-0.2, -0.15) is 0 Å². The number of carbonyl (C=O) groups excluding carboxylic acids is 1. The van der Waals surface area contributed by atoms with Crippen LogP contribution in [-0.4, -0.2) is 28.6 Å². The molecule has 2 aliphatic heterocycles. The van der Waals surface area contributed by atoms with Crippen LogP contribution in [0.25, 0.3) is 0 Å². The van der Waals surface area contributed by atoms with E-state index in [-0.39, 0.29) is 11.0 Å². The first-order valence-corrected chi connectivity index (χ1v) is 9.35. The molecule has 4 fully saturated rings. The van der Waals surface area contributed by atoms with Gasteiger partial charge in [-0.3, -0.25) is 4.79 Å². The number of rotatable bonds is 0. The van der Waals surface area contributed by atoms with Crippen LogP contribution >= 0.6 is 0 Å². The molecule has 0 bridgehead atoms. The van der Waals surface area contributed by atoms with Gasteiger partial charge in [-0.1, -0.05) is 13.3 Å². The Morgan fingerprint density at radius 3 is 2.68 bits per heavy atom. The van der Waals surface area contributed by atoms with E-state index in [1.807, 2.05) is 0 Å². The first-order chi connectivity index (χ1) is 10.5. The summed E-state index contributed by atoms with van der Waals surface area (Å²) in [6.07, 6.45) is 10.1. The van der Waals surface area contributed by atoms with Crippen molar-refractivity contribution in [3.63, 3.8) is 0 Å². The van der Waals surface area contributed by atoms with Crippen LogP contribution in [0.4, 0.5) is 0 Å². The van der Waals surface area contributed by atoms with Crippen LogP contribution in [0.2, 0.25) is 0 Å². The zero-order valence-electron chi connectivity index (χ0n) is 14.2. The predicted molar refractivity (Wildman–Crippen MR) is 88.0 cm³/mol. The highest BCUT2D eigenvalue weighted by atomic mass is 16.2. The molecule has 2 heterocycles. The fraction of sp³-hybridized carbons (Fsp3) is 0.895. The van der Waals surface area contributed by atoms with E-state index >= 15 is 0 Å². The molecule has 4 rings (SSSR count). The summed E-state index contributed by atoms with van der Waals surface area (Å²) < 4.78 is 0. The van der Waals surface area contributed by atoms with Crippen molar-refractivity contribution in [1.82, 2.24) is 4.90 Å². The average molecular weight is 302 g/mol. The van der Waals surface area contributed by atoms with Crippen LogP contribution in [0.3, 0.4) is 0 Å². The second-order valence-corrected chi connectivity index (χ2v) is 8.75. The highest BCUT2D eigenvalue weighted by molar-refractivity contribution is 5.89. The van der Waals surface area contributed by atoms with Crippen molar-refractivity contribution in [1.29, 1.82) is 5.41 Å². The minimum Gasteiger partial charge on any atom is -0.337 e. The van der Waals surface area contributed by atoms with Crippen molar-refractivity contribution in [2.24, 2.45) is 23.2 Å². The quantitative estimate of drug-likeness (QED) is 0.722. The SMILES string of the molecule is CC12CC[C@H]3C(CCN4C(=O)CCCCC34C)C1CCC2=N. The van der Waals surface area contributed by atoms with Gasteiger partial charge in [-0.25, -0.2) is 0 Å². The summed E-state index contributed by atoms with van der Waals surface area (Å²) in [5.41, 5.74) is 1.29. The summed E-state index contributed by atoms with van der Waals surface area (Å²) in [5, 5.41) is 8.41. The van der Waals surface area contributed by atoms with Crippen molar-refractivity contribution in [2.75, 3.05) is 6.54 Å². The van der Waals surface area contributed by atoms with Gasteiger partial charge in [0.25, 0.3) is 0 Å². The van der Waals surface area contributed by atoms with Gasteiger partial charge in [0.1, 0.15) is 0 Å². The summed E-state index contributed by atoms with van der Waals surface area (Å²) in [4.78, 5) is 14.8. The minimum atomic E-state index is 0.0998. The molecule has 4 aliphatic rings. The summed E-state index contributed by atoms with van der Waals surface area (Å²) >= 11 is 0. The van der Waals surface area contributed by atoms with E-state index in [4.69, 9.17) is 5.41 Å². The maximum atomic E-state index is 12.6. The third-order valence-electron chi connectivity index (χ3n) is 7.95. The molecule has 22 heavy (non-hydrogen) atoms. The molecule has 4 unspecified atom stereocenters. The number of hydrogen-bond donors (Lipinski definition) is 1. The van der Waals surface area contributed by atoms with Crippen LogP contribution < -0.4 is 0 Å². The van der Waals surface area contributed by atoms with Crippen molar-refractivity contribution < 1.29 is 4.79 Å². The Morgan fingerprint density at radius 1 is 1.05 bits per heavy atom. The molecule has 2 saturated carbocycles. The Bertz CT molecular complexity index is 516. The average Bonchev–Trinajstić information content (AvgIpc) is 2.70. The van der Waals surface area contributed by atoms with Gasteiger partial charge in [0.05, 0.1) is 0 Å². The fourth-order valence-electron chi connectivity index (χ4n) is 6.63. The largest absolute Gasteiger partial charge is 0.337 e. The van der Waals surface area contributed by atoms with Gasteiger partial charge in [-0.15, -0.1) is 0 Å². The molecule has 0 aromatic rings. The van der Waals surface area contributed by atoms with Gasteiger partial charge in [0.15, 0.2) is 0 Å². The Labute approximate surface area is 134 Å². The summed E-state index contributed by atoms with van der Waals surface area (Å²) in [7, 11) is 0. The normalized spacial score (nSPS) is 48.5. The topological polar surface area (TPSA) is 44.2 Å². The highest BCUT2D eigenvalue weighted by Gasteiger charge is 2.58. The molecular weight excluding hydrogens is 272 g/mol. The lowest BCUT2D eigenvalue weighted by molar-refractivity contribution is -0.150. The molecule has 0 radical (unpaired) electrons. The molecule has 0 aromatic carbocycles. The maximum Gasteiger partial charge on any atom is 0.223 e. The number of amides is 1. The summed E-state index contributed by atoms with van der Waals surface area (Å²) in [5.74, 6) is 2.53. The molecular formula is C19H30N2O. The van der Waals surface area contributed by atoms with E-state index in [1.165, 1.54) is 38.5 Å². The molecule has 3 heteroatoms. The maximum absolute atomic E-state index is 12.6. The van der Waals surface area contributed by atoms with E-state index in [0.29, 0.717) is 17.7 Å². The van der Waals surface area contributed by atoms with E-state index in [2.05, 4.69) is 18.7 Å². The number of nitrogens with one attached hydrogen (secondary N) is 1. The van der Waals surface area contributed by atoms with Crippen molar-refractivity contribution >= 4 is 11.6 Å². The van der Waals surface area contributed by atoms with Crippen LogP contribution in [0.1, 0.15) is 71.6 Å². The second kappa shape index (κ2) is 4.82. The molecule has 5 atom stereocenters. The van der Waals surface area contributed by atoms with Gasteiger partial charge >= 0.3 is 0 Å².